The summed E-state index contributed by atoms with van der Waals surface area (Å²) in [4.78, 5) is 6.05. The van der Waals surface area contributed by atoms with Gasteiger partial charge in [-0.3, -0.25) is 0 Å². The molecule has 0 aliphatic heterocycles. The van der Waals surface area contributed by atoms with Gasteiger partial charge in [0.15, 0.2) is 5.13 Å². The van der Waals surface area contributed by atoms with Gasteiger partial charge >= 0.3 is 0 Å². The van der Waals surface area contributed by atoms with Gasteiger partial charge in [0.05, 0.1) is 28.6 Å². The number of benzene rings is 2. The van der Waals surface area contributed by atoms with E-state index in [0.717, 1.165) is 17.2 Å². The van der Waals surface area contributed by atoms with E-state index in [4.69, 9.17) is 0 Å². The second-order valence-electron chi connectivity index (χ2n) is 5.81. The first-order valence-electron chi connectivity index (χ1n) is 7.22. The van der Waals surface area contributed by atoms with Crippen LogP contribution in [0.3, 0.4) is 0 Å². The SMILES string of the molecule is Cc1cc(C)cc(-c2ccc3c(c2)Cc2sc(NI)nc2-3)c1. The number of aromatic nitrogens is 1. The van der Waals surface area contributed by atoms with Gasteiger partial charge in [-0.15, -0.1) is 11.3 Å². The smallest absolute Gasteiger partial charge is 0.192 e. The minimum atomic E-state index is 0.995. The van der Waals surface area contributed by atoms with E-state index in [1.54, 1.807) is 11.3 Å². The Hall–Kier alpha value is -1.40. The highest BCUT2D eigenvalue weighted by Crippen LogP contribution is 2.42. The highest BCUT2D eigenvalue weighted by molar-refractivity contribution is 14.1. The average Bonchev–Trinajstić information content (AvgIpc) is 3.02. The minimum Gasteiger partial charge on any atom is -0.304 e. The Morgan fingerprint density at radius 1 is 1.05 bits per heavy atom. The summed E-state index contributed by atoms with van der Waals surface area (Å²) >= 11 is 3.90. The Morgan fingerprint density at radius 3 is 2.55 bits per heavy atom. The topological polar surface area (TPSA) is 24.9 Å². The normalized spacial score (nSPS) is 12.1. The summed E-state index contributed by atoms with van der Waals surface area (Å²) in [7, 11) is 0. The van der Waals surface area contributed by atoms with Crippen LogP contribution in [0.1, 0.15) is 21.6 Å². The van der Waals surface area contributed by atoms with Gasteiger partial charge in [-0.2, -0.15) is 0 Å². The molecule has 0 spiro atoms. The lowest BCUT2D eigenvalue weighted by Crippen LogP contribution is -1.87. The Balaban J connectivity index is 1.78. The van der Waals surface area contributed by atoms with Crippen molar-refractivity contribution in [3.63, 3.8) is 0 Å². The van der Waals surface area contributed by atoms with Crippen LogP contribution in [-0.4, -0.2) is 4.98 Å². The molecule has 4 rings (SSSR count). The third-order valence-electron chi connectivity index (χ3n) is 4.04. The van der Waals surface area contributed by atoms with E-state index in [1.165, 1.54) is 38.3 Å². The molecule has 0 saturated carbocycles. The number of hydrogen-bond donors (Lipinski definition) is 1. The highest BCUT2D eigenvalue weighted by Gasteiger charge is 2.23. The Labute approximate surface area is 148 Å². The summed E-state index contributed by atoms with van der Waals surface area (Å²) in [5, 5.41) is 0.995. The first kappa shape index (κ1) is 14.2. The van der Waals surface area contributed by atoms with Crippen LogP contribution in [-0.2, 0) is 6.42 Å². The molecule has 1 aliphatic rings. The number of nitrogens with one attached hydrogen (secondary N) is 1. The van der Waals surface area contributed by atoms with E-state index < -0.39 is 0 Å². The van der Waals surface area contributed by atoms with E-state index in [2.05, 4.69) is 81.6 Å². The number of rotatable bonds is 2. The molecule has 2 nitrogen and oxygen atoms in total. The van der Waals surface area contributed by atoms with Crippen molar-refractivity contribution in [1.82, 2.24) is 4.98 Å². The highest BCUT2D eigenvalue weighted by atomic mass is 127. The molecule has 0 unspecified atom stereocenters. The van der Waals surface area contributed by atoms with Crippen LogP contribution in [0.4, 0.5) is 5.13 Å². The summed E-state index contributed by atoms with van der Waals surface area (Å²) in [5.74, 6) is 0. The molecule has 3 aromatic rings. The van der Waals surface area contributed by atoms with Crippen LogP contribution in [0.2, 0.25) is 0 Å². The van der Waals surface area contributed by atoms with Crippen molar-refractivity contribution in [1.29, 1.82) is 0 Å². The molecule has 0 fully saturated rings. The predicted molar refractivity (Wildman–Crippen MR) is 103 cm³/mol. The maximum Gasteiger partial charge on any atom is 0.192 e. The lowest BCUT2D eigenvalue weighted by Gasteiger charge is -2.08. The van der Waals surface area contributed by atoms with Gasteiger partial charge in [-0.1, -0.05) is 47.5 Å². The van der Waals surface area contributed by atoms with Crippen molar-refractivity contribution in [2.75, 3.05) is 3.53 Å². The van der Waals surface area contributed by atoms with Gasteiger partial charge in [-0.25, -0.2) is 4.98 Å². The molecule has 0 radical (unpaired) electrons. The first-order chi connectivity index (χ1) is 10.6. The summed E-state index contributed by atoms with van der Waals surface area (Å²) in [6.45, 7) is 4.31. The zero-order chi connectivity index (χ0) is 15.3. The second kappa shape index (κ2) is 5.35. The van der Waals surface area contributed by atoms with E-state index in [9.17, 15) is 0 Å². The Morgan fingerprint density at radius 2 is 1.82 bits per heavy atom. The van der Waals surface area contributed by atoms with Crippen molar-refractivity contribution in [2.45, 2.75) is 20.3 Å². The summed E-state index contributed by atoms with van der Waals surface area (Å²) in [5.41, 5.74) is 9.07. The number of fused-ring (bicyclic) bond motifs is 3. The third kappa shape index (κ3) is 2.34. The first-order valence-corrected chi connectivity index (χ1v) is 9.12. The third-order valence-corrected chi connectivity index (χ3v) is 5.89. The van der Waals surface area contributed by atoms with Crippen LogP contribution in [0.15, 0.2) is 36.4 Å². The maximum absolute atomic E-state index is 4.68. The van der Waals surface area contributed by atoms with Crippen LogP contribution < -0.4 is 3.53 Å². The van der Waals surface area contributed by atoms with Gasteiger partial charge in [0.25, 0.3) is 0 Å². The van der Waals surface area contributed by atoms with Crippen LogP contribution >= 0.6 is 34.2 Å². The molecular weight excluding hydrogens is 403 g/mol. The van der Waals surface area contributed by atoms with E-state index in [-0.39, 0.29) is 0 Å². The van der Waals surface area contributed by atoms with Crippen molar-refractivity contribution >= 4 is 39.3 Å². The van der Waals surface area contributed by atoms with E-state index in [0.29, 0.717) is 0 Å². The number of thiazole rings is 1. The largest absolute Gasteiger partial charge is 0.304 e. The maximum atomic E-state index is 4.68. The molecule has 2 aromatic carbocycles. The fourth-order valence-corrected chi connectivity index (χ4v) is 4.53. The zero-order valence-electron chi connectivity index (χ0n) is 12.4. The fourth-order valence-electron chi connectivity index (χ4n) is 3.19. The second-order valence-corrected chi connectivity index (χ2v) is 7.43. The molecular formula is C18H15IN2S. The molecule has 1 N–H and O–H groups in total. The molecule has 0 amide bonds. The molecule has 1 heterocycles. The molecule has 0 saturated heterocycles. The fraction of sp³-hybridized carbons (Fsp3) is 0.167. The average molecular weight is 418 g/mol. The number of aryl methyl sites for hydroxylation is 2. The lowest BCUT2D eigenvalue weighted by molar-refractivity contribution is 1.30. The standard InChI is InChI=1S/C18H15IN2S/c1-10-5-11(2)7-13(6-10)12-3-4-15-14(8-12)9-16-17(15)20-18(21-19)22-16/h3-8H,9H2,1-2H3,(H,20,21). The molecule has 0 atom stereocenters. The van der Waals surface area contributed by atoms with Crippen molar-refractivity contribution in [2.24, 2.45) is 0 Å². The van der Waals surface area contributed by atoms with Crippen LogP contribution in [0.25, 0.3) is 22.4 Å². The number of anilines is 1. The molecule has 1 aliphatic carbocycles. The summed E-state index contributed by atoms with van der Waals surface area (Å²) in [6, 6.07) is 13.5. The quantitative estimate of drug-likeness (QED) is 0.331. The summed E-state index contributed by atoms with van der Waals surface area (Å²) < 4.78 is 3.11. The lowest BCUT2D eigenvalue weighted by atomic mass is 9.97. The van der Waals surface area contributed by atoms with E-state index >= 15 is 0 Å². The van der Waals surface area contributed by atoms with Crippen LogP contribution in [0, 0.1) is 13.8 Å². The Bertz CT molecular complexity index is 863. The molecule has 4 heteroatoms. The number of nitrogens with zero attached hydrogens (tertiary/aromatic N) is 1. The van der Waals surface area contributed by atoms with Crippen molar-refractivity contribution in [3.05, 3.63) is 58.0 Å². The summed E-state index contributed by atoms with van der Waals surface area (Å²) in [6.07, 6.45) is 0.999. The van der Waals surface area contributed by atoms with E-state index in [1.807, 2.05) is 0 Å². The molecule has 1 aromatic heterocycles. The van der Waals surface area contributed by atoms with Gasteiger partial charge in [0, 0.05) is 16.9 Å². The van der Waals surface area contributed by atoms with Crippen LogP contribution in [0.5, 0.6) is 0 Å². The predicted octanol–water partition coefficient (Wildman–Crippen LogP) is 5.76. The molecule has 22 heavy (non-hydrogen) atoms. The van der Waals surface area contributed by atoms with Gasteiger partial charge in [-0.05, 0) is 30.5 Å². The Kier molecular flexibility index (Phi) is 3.46. The molecule has 110 valence electrons. The van der Waals surface area contributed by atoms with Gasteiger partial charge < -0.3 is 3.53 Å². The minimum absolute atomic E-state index is 0.995. The van der Waals surface area contributed by atoms with Crippen molar-refractivity contribution < 1.29 is 0 Å². The monoisotopic (exact) mass is 418 g/mol. The van der Waals surface area contributed by atoms with Gasteiger partial charge in [0.2, 0.25) is 0 Å². The number of hydrogen-bond acceptors (Lipinski definition) is 3. The van der Waals surface area contributed by atoms with Gasteiger partial charge in [0.1, 0.15) is 0 Å². The van der Waals surface area contributed by atoms with Crippen molar-refractivity contribution in [3.8, 4) is 22.4 Å². The number of halogens is 1. The molecule has 0 bridgehead atoms. The zero-order valence-corrected chi connectivity index (χ0v) is 15.4.